The molecule has 1 aromatic carbocycles. The Balaban J connectivity index is 2.48. The lowest BCUT2D eigenvalue weighted by atomic mass is 10.2. The van der Waals surface area contributed by atoms with Gasteiger partial charge in [-0.15, -0.1) is 0 Å². The van der Waals surface area contributed by atoms with Gasteiger partial charge in [0, 0.05) is 11.1 Å². The highest BCUT2D eigenvalue weighted by molar-refractivity contribution is 6.30. The van der Waals surface area contributed by atoms with Crippen LogP contribution in [-0.4, -0.2) is 0 Å². The molecule has 0 aliphatic heterocycles. The Hall–Kier alpha value is -0.750. The second-order valence-electron chi connectivity index (χ2n) is 3.01. The fraction of sp³-hybridized carbons (Fsp3) is 0.333. The summed E-state index contributed by atoms with van der Waals surface area (Å²) in [5.41, 5.74) is 1.15. The zero-order chi connectivity index (χ0) is 9.52. The van der Waals surface area contributed by atoms with Crippen LogP contribution in [0.3, 0.4) is 0 Å². The minimum Gasteiger partial charge on any atom is -0.0839 e. The van der Waals surface area contributed by atoms with Gasteiger partial charge in [-0.25, -0.2) is 0 Å². The quantitative estimate of drug-likeness (QED) is 0.624. The predicted molar refractivity (Wildman–Crippen MR) is 58.8 cm³/mol. The van der Waals surface area contributed by atoms with Crippen molar-refractivity contribution in [1.29, 1.82) is 0 Å². The van der Waals surface area contributed by atoms with Gasteiger partial charge < -0.3 is 0 Å². The van der Waals surface area contributed by atoms with Crippen molar-refractivity contribution in [3.63, 3.8) is 0 Å². The molecule has 1 radical (unpaired) electrons. The molecule has 1 aromatic rings. The number of allylic oxidation sites excluding steroid dienone is 1. The van der Waals surface area contributed by atoms with Gasteiger partial charge in [0.05, 0.1) is 0 Å². The maximum absolute atomic E-state index is 5.80. The highest BCUT2D eigenvalue weighted by atomic mass is 35.5. The molecule has 1 heteroatoms. The molecule has 0 aliphatic carbocycles. The summed E-state index contributed by atoms with van der Waals surface area (Å²) in [4.78, 5) is 0. The van der Waals surface area contributed by atoms with E-state index in [1.165, 1.54) is 12.8 Å². The lowest BCUT2D eigenvalue weighted by Gasteiger charge is -1.93. The highest BCUT2D eigenvalue weighted by Crippen LogP contribution is 2.11. The number of halogens is 1. The summed E-state index contributed by atoms with van der Waals surface area (Å²) in [6, 6.07) is 8.68. The molecular weight excluding hydrogens is 180 g/mol. The third-order valence-corrected chi connectivity index (χ3v) is 2.04. The van der Waals surface area contributed by atoms with Gasteiger partial charge in [0.1, 0.15) is 0 Å². The van der Waals surface area contributed by atoms with E-state index >= 15 is 0 Å². The van der Waals surface area contributed by atoms with E-state index in [2.05, 4.69) is 25.1 Å². The van der Waals surface area contributed by atoms with Crippen LogP contribution < -0.4 is 0 Å². The Bertz CT molecular complexity index is 276. The van der Waals surface area contributed by atoms with Crippen LogP contribution in [0.2, 0.25) is 5.02 Å². The molecular formula is C12H14Cl. The first-order valence-corrected chi connectivity index (χ1v) is 5.04. The summed E-state index contributed by atoms with van der Waals surface area (Å²) < 4.78 is 0. The van der Waals surface area contributed by atoms with Crippen molar-refractivity contribution >= 4 is 17.7 Å². The predicted octanol–water partition coefficient (Wildman–Crippen LogP) is 4.34. The molecule has 0 spiro atoms. The summed E-state index contributed by atoms with van der Waals surface area (Å²) >= 11 is 5.80. The van der Waals surface area contributed by atoms with Crippen LogP contribution in [0.25, 0.3) is 6.08 Å². The summed E-state index contributed by atoms with van der Waals surface area (Å²) in [6.45, 7) is 2.20. The molecule has 0 amide bonds. The third-order valence-electron chi connectivity index (χ3n) is 1.83. The summed E-state index contributed by atoms with van der Waals surface area (Å²) in [5, 5.41) is 0.678. The lowest BCUT2D eigenvalue weighted by Crippen LogP contribution is -1.72. The lowest BCUT2D eigenvalue weighted by molar-refractivity contribution is 0.816. The van der Waals surface area contributed by atoms with Gasteiger partial charge in [0.25, 0.3) is 0 Å². The van der Waals surface area contributed by atoms with Gasteiger partial charge in [-0.3, -0.25) is 0 Å². The van der Waals surface area contributed by atoms with E-state index in [1.807, 2.05) is 18.2 Å². The van der Waals surface area contributed by atoms with Crippen LogP contribution in [0.4, 0.5) is 0 Å². The Morgan fingerprint density at radius 3 is 3.08 bits per heavy atom. The number of unbranched alkanes of at least 4 members (excludes halogenated alkanes) is 2. The number of hydrogen-bond acceptors (Lipinski definition) is 0. The summed E-state index contributed by atoms with van der Waals surface area (Å²) in [7, 11) is 0. The Labute approximate surface area is 85.2 Å². The Morgan fingerprint density at radius 2 is 2.38 bits per heavy atom. The maximum atomic E-state index is 5.80. The molecule has 0 saturated carbocycles. The number of benzene rings is 1. The van der Waals surface area contributed by atoms with Crippen molar-refractivity contribution in [2.75, 3.05) is 0 Å². The van der Waals surface area contributed by atoms with Crippen molar-refractivity contribution in [3.05, 3.63) is 40.9 Å². The van der Waals surface area contributed by atoms with E-state index in [9.17, 15) is 0 Å². The van der Waals surface area contributed by atoms with Crippen LogP contribution in [0.15, 0.2) is 24.3 Å². The van der Waals surface area contributed by atoms with Gasteiger partial charge in [-0.1, -0.05) is 55.7 Å². The molecule has 0 heterocycles. The zero-order valence-electron chi connectivity index (χ0n) is 7.89. The molecule has 1 rings (SSSR count). The average molecular weight is 194 g/mol. The molecule has 0 bridgehead atoms. The van der Waals surface area contributed by atoms with Crippen LogP contribution in [0, 0.1) is 6.07 Å². The Kier molecular flexibility index (Phi) is 4.63. The minimum atomic E-state index is 0.678. The van der Waals surface area contributed by atoms with Gasteiger partial charge in [0.15, 0.2) is 0 Å². The fourth-order valence-corrected chi connectivity index (χ4v) is 1.29. The molecule has 69 valence electrons. The fourth-order valence-electron chi connectivity index (χ4n) is 1.10. The zero-order valence-corrected chi connectivity index (χ0v) is 8.64. The first-order chi connectivity index (χ1) is 6.33. The van der Waals surface area contributed by atoms with Gasteiger partial charge in [-0.05, 0) is 18.1 Å². The smallest absolute Gasteiger partial charge is 0.0490 e. The summed E-state index contributed by atoms with van der Waals surface area (Å²) in [6.07, 6.45) is 7.94. The molecule has 0 aromatic heterocycles. The van der Waals surface area contributed by atoms with Gasteiger partial charge >= 0.3 is 0 Å². The first-order valence-electron chi connectivity index (χ1n) is 4.66. The average Bonchev–Trinajstić information content (AvgIpc) is 2.13. The highest BCUT2D eigenvalue weighted by Gasteiger charge is 1.88. The van der Waals surface area contributed by atoms with Crippen LogP contribution in [-0.2, 0) is 0 Å². The van der Waals surface area contributed by atoms with E-state index in [0.717, 1.165) is 12.0 Å². The molecule has 0 aliphatic rings. The second kappa shape index (κ2) is 5.82. The molecule has 0 fully saturated rings. The molecule has 0 saturated heterocycles. The standard InChI is InChI=1S/C12H14Cl/c1-2-3-4-5-7-11-8-6-9-12(13)10-11/h5-8,10H,2-4H2,1H3/b7-5+. The molecule has 0 unspecified atom stereocenters. The van der Waals surface area contributed by atoms with Crippen molar-refractivity contribution < 1.29 is 0 Å². The number of rotatable bonds is 4. The van der Waals surface area contributed by atoms with E-state index in [0.29, 0.717) is 5.02 Å². The second-order valence-corrected chi connectivity index (χ2v) is 3.42. The van der Waals surface area contributed by atoms with Crippen LogP contribution in [0.5, 0.6) is 0 Å². The van der Waals surface area contributed by atoms with Gasteiger partial charge in [-0.2, -0.15) is 0 Å². The van der Waals surface area contributed by atoms with E-state index in [-0.39, 0.29) is 0 Å². The van der Waals surface area contributed by atoms with Crippen molar-refractivity contribution in [2.45, 2.75) is 26.2 Å². The topological polar surface area (TPSA) is 0 Å². The van der Waals surface area contributed by atoms with Gasteiger partial charge in [0.2, 0.25) is 0 Å². The monoisotopic (exact) mass is 193 g/mol. The first kappa shape index (κ1) is 10.3. The van der Waals surface area contributed by atoms with Crippen LogP contribution in [0.1, 0.15) is 31.7 Å². The maximum Gasteiger partial charge on any atom is 0.0490 e. The van der Waals surface area contributed by atoms with E-state index in [4.69, 9.17) is 11.6 Å². The van der Waals surface area contributed by atoms with E-state index in [1.54, 1.807) is 0 Å². The minimum absolute atomic E-state index is 0.678. The SMILES string of the molecule is CCCC/C=C/c1cc[c]c(Cl)c1. The molecule has 0 N–H and O–H groups in total. The summed E-state index contributed by atoms with van der Waals surface area (Å²) in [5.74, 6) is 0. The van der Waals surface area contributed by atoms with Crippen molar-refractivity contribution in [3.8, 4) is 0 Å². The molecule has 0 nitrogen and oxygen atoms in total. The largest absolute Gasteiger partial charge is 0.0839 e. The third kappa shape index (κ3) is 4.14. The van der Waals surface area contributed by atoms with Crippen LogP contribution >= 0.6 is 11.6 Å². The van der Waals surface area contributed by atoms with Crippen molar-refractivity contribution in [1.82, 2.24) is 0 Å². The molecule has 0 atom stereocenters. The van der Waals surface area contributed by atoms with E-state index < -0.39 is 0 Å². The molecule has 13 heavy (non-hydrogen) atoms. The number of hydrogen-bond donors (Lipinski definition) is 0. The Morgan fingerprint density at radius 1 is 1.54 bits per heavy atom. The van der Waals surface area contributed by atoms with Crippen molar-refractivity contribution in [2.24, 2.45) is 0 Å². The normalized spacial score (nSPS) is 10.9.